The van der Waals surface area contributed by atoms with E-state index in [1.807, 2.05) is 11.9 Å². The van der Waals surface area contributed by atoms with Gasteiger partial charge in [0, 0.05) is 58.3 Å². The number of hydrogen-bond acceptors (Lipinski definition) is 6. The molecule has 0 unspecified atom stereocenters. The molecule has 1 saturated carbocycles. The van der Waals surface area contributed by atoms with Crippen LogP contribution in [-0.4, -0.2) is 86.7 Å². The molecule has 8 nitrogen and oxygen atoms in total. The van der Waals surface area contributed by atoms with Gasteiger partial charge in [-0.15, -0.1) is 0 Å². The molecule has 1 amide bonds. The molecule has 0 aromatic carbocycles. The SMILES string of the molecule is CNCCN(C)Cc1nn2c(c1C1CCC(COC)(COC)CC1)CN(C(C)=O)CC2. The third kappa shape index (κ3) is 5.66. The molecular weight excluding hydrogens is 394 g/mol. The van der Waals surface area contributed by atoms with E-state index in [9.17, 15) is 4.79 Å². The molecule has 1 aromatic heterocycles. The highest BCUT2D eigenvalue weighted by molar-refractivity contribution is 5.73. The number of aromatic nitrogens is 2. The third-order valence-corrected chi connectivity index (χ3v) is 7.06. The zero-order chi connectivity index (χ0) is 22.4. The summed E-state index contributed by atoms with van der Waals surface area (Å²) in [5, 5.41) is 8.27. The number of carbonyl (C=O) groups excluding carboxylic acids is 1. The number of hydrogen-bond donors (Lipinski definition) is 1. The molecule has 0 radical (unpaired) electrons. The van der Waals surface area contributed by atoms with Crippen molar-refractivity contribution >= 4 is 5.91 Å². The summed E-state index contributed by atoms with van der Waals surface area (Å²) in [6.45, 7) is 8.15. The molecule has 2 aliphatic rings. The van der Waals surface area contributed by atoms with E-state index in [2.05, 4.69) is 21.9 Å². The maximum atomic E-state index is 12.1. The van der Waals surface area contributed by atoms with E-state index in [0.717, 1.165) is 71.6 Å². The summed E-state index contributed by atoms with van der Waals surface area (Å²) in [7, 11) is 7.71. The fourth-order valence-corrected chi connectivity index (χ4v) is 5.35. The van der Waals surface area contributed by atoms with Gasteiger partial charge >= 0.3 is 0 Å². The van der Waals surface area contributed by atoms with Gasteiger partial charge in [0.15, 0.2) is 0 Å². The molecule has 3 rings (SSSR count). The van der Waals surface area contributed by atoms with E-state index >= 15 is 0 Å². The maximum Gasteiger partial charge on any atom is 0.219 e. The van der Waals surface area contributed by atoms with Gasteiger partial charge in [0.1, 0.15) is 0 Å². The Bertz CT molecular complexity index is 719. The van der Waals surface area contributed by atoms with E-state index in [1.54, 1.807) is 21.1 Å². The van der Waals surface area contributed by atoms with E-state index in [-0.39, 0.29) is 11.3 Å². The van der Waals surface area contributed by atoms with Gasteiger partial charge in [0.25, 0.3) is 0 Å². The standard InChI is InChI=1S/C23H41N5O3/c1-18(29)27-12-13-28-21(15-27)22(20(25-28)14-26(3)11-10-24-2)19-6-8-23(9-7-19,16-30-4)17-31-5/h19,24H,6-17H2,1-5H3. The van der Waals surface area contributed by atoms with Crippen LogP contribution in [0.15, 0.2) is 0 Å². The Labute approximate surface area is 187 Å². The van der Waals surface area contributed by atoms with Gasteiger partial charge in [-0.3, -0.25) is 14.4 Å². The number of rotatable bonds is 10. The first-order chi connectivity index (χ1) is 14.9. The van der Waals surface area contributed by atoms with Crippen molar-refractivity contribution in [1.82, 2.24) is 24.9 Å². The van der Waals surface area contributed by atoms with Gasteiger partial charge in [-0.25, -0.2) is 0 Å². The summed E-state index contributed by atoms with van der Waals surface area (Å²) >= 11 is 0. The van der Waals surface area contributed by atoms with Crippen LogP contribution in [-0.2, 0) is 33.9 Å². The first-order valence-corrected chi connectivity index (χ1v) is 11.6. The summed E-state index contributed by atoms with van der Waals surface area (Å²) in [4.78, 5) is 16.4. The van der Waals surface area contributed by atoms with Crippen LogP contribution in [0.5, 0.6) is 0 Å². The highest BCUT2D eigenvalue weighted by Crippen LogP contribution is 2.45. The van der Waals surface area contributed by atoms with Gasteiger partial charge in [0.05, 0.1) is 37.7 Å². The summed E-state index contributed by atoms with van der Waals surface area (Å²) < 4.78 is 13.3. The number of amides is 1. The molecule has 1 aliphatic carbocycles. The van der Waals surface area contributed by atoms with Crippen molar-refractivity contribution in [2.75, 3.05) is 61.2 Å². The topological polar surface area (TPSA) is 71.9 Å². The smallest absolute Gasteiger partial charge is 0.219 e. The molecule has 1 fully saturated rings. The third-order valence-electron chi connectivity index (χ3n) is 7.06. The second-order valence-electron chi connectivity index (χ2n) is 9.45. The summed E-state index contributed by atoms with van der Waals surface area (Å²) in [6, 6.07) is 0. The van der Waals surface area contributed by atoms with Crippen molar-refractivity contribution in [3.8, 4) is 0 Å². The van der Waals surface area contributed by atoms with Crippen LogP contribution in [0.2, 0.25) is 0 Å². The van der Waals surface area contributed by atoms with Crippen LogP contribution in [0.3, 0.4) is 0 Å². The van der Waals surface area contributed by atoms with Gasteiger partial charge in [-0.05, 0) is 45.7 Å². The normalized spacial score (nSPS) is 19.1. The number of likely N-dealkylation sites (N-methyl/N-ethyl adjacent to an activating group) is 2. The molecule has 0 spiro atoms. The first-order valence-electron chi connectivity index (χ1n) is 11.6. The summed E-state index contributed by atoms with van der Waals surface area (Å²) in [5.41, 5.74) is 3.94. The summed E-state index contributed by atoms with van der Waals surface area (Å²) in [5.74, 6) is 0.624. The molecule has 2 heterocycles. The fourth-order valence-electron chi connectivity index (χ4n) is 5.35. The molecule has 0 atom stereocenters. The molecule has 1 N–H and O–H groups in total. The van der Waals surface area contributed by atoms with E-state index in [1.165, 1.54) is 17.0 Å². The fraction of sp³-hybridized carbons (Fsp3) is 0.826. The number of nitrogens with one attached hydrogen (secondary N) is 1. The highest BCUT2D eigenvalue weighted by atomic mass is 16.5. The Hall–Kier alpha value is -1.48. The molecule has 0 bridgehead atoms. The lowest BCUT2D eigenvalue weighted by molar-refractivity contribution is -0.130. The minimum absolute atomic E-state index is 0.113. The molecule has 31 heavy (non-hydrogen) atoms. The highest BCUT2D eigenvalue weighted by Gasteiger charge is 2.39. The average molecular weight is 436 g/mol. The molecule has 8 heteroatoms. The second kappa shape index (κ2) is 10.9. The lowest BCUT2D eigenvalue weighted by Crippen LogP contribution is -2.38. The largest absolute Gasteiger partial charge is 0.384 e. The van der Waals surface area contributed by atoms with Gasteiger partial charge in [-0.2, -0.15) is 5.10 Å². The van der Waals surface area contributed by atoms with Crippen molar-refractivity contribution < 1.29 is 14.3 Å². The van der Waals surface area contributed by atoms with E-state index in [4.69, 9.17) is 14.6 Å². The molecule has 1 aromatic rings. The Balaban J connectivity index is 1.85. The van der Waals surface area contributed by atoms with Crippen molar-refractivity contribution in [1.29, 1.82) is 0 Å². The second-order valence-corrected chi connectivity index (χ2v) is 9.45. The minimum atomic E-state index is 0.113. The zero-order valence-electron chi connectivity index (χ0n) is 20.1. The number of carbonyl (C=O) groups is 1. The van der Waals surface area contributed by atoms with Crippen LogP contribution in [0.4, 0.5) is 0 Å². The van der Waals surface area contributed by atoms with Gasteiger partial charge in [0.2, 0.25) is 5.91 Å². The van der Waals surface area contributed by atoms with Crippen LogP contribution in [0.1, 0.15) is 55.5 Å². The number of fused-ring (bicyclic) bond motifs is 1. The molecule has 176 valence electrons. The Morgan fingerprint density at radius 2 is 1.90 bits per heavy atom. The summed E-state index contributed by atoms with van der Waals surface area (Å²) in [6.07, 6.45) is 4.41. The Kier molecular flexibility index (Phi) is 8.50. The predicted octanol–water partition coefficient (Wildman–Crippen LogP) is 1.83. The number of methoxy groups -OCH3 is 2. The quantitative estimate of drug-likeness (QED) is 0.605. The lowest BCUT2D eigenvalue weighted by Gasteiger charge is -2.40. The lowest BCUT2D eigenvalue weighted by atomic mass is 9.69. The average Bonchev–Trinajstić information content (AvgIpc) is 3.10. The number of ether oxygens (including phenoxy) is 2. The van der Waals surface area contributed by atoms with Gasteiger partial charge in [-0.1, -0.05) is 0 Å². The first kappa shape index (κ1) is 24.2. The monoisotopic (exact) mass is 435 g/mol. The van der Waals surface area contributed by atoms with Crippen LogP contribution < -0.4 is 5.32 Å². The van der Waals surface area contributed by atoms with Crippen LogP contribution in [0.25, 0.3) is 0 Å². The van der Waals surface area contributed by atoms with E-state index < -0.39 is 0 Å². The van der Waals surface area contributed by atoms with Crippen LogP contribution >= 0.6 is 0 Å². The van der Waals surface area contributed by atoms with E-state index in [0.29, 0.717) is 12.5 Å². The molecular formula is C23H41N5O3. The maximum absolute atomic E-state index is 12.1. The van der Waals surface area contributed by atoms with Crippen molar-refractivity contribution in [3.05, 3.63) is 17.0 Å². The predicted molar refractivity (Wildman–Crippen MR) is 121 cm³/mol. The van der Waals surface area contributed by atoms with Crippen molar-refractivity contribution in [2.45, 2.75) is 58.2 Å². The van der Waals surface area contributed by atoms with Crippen molar-refractivity contribution in [3.63, 3.8) is 0 Å². The van der Waals surface area contributed by atoms with Crippen LogP contribution in [0, 0.1) is 5.41 Å². The minimum Gasteiger partial charge on any atom is -0.384 e. The molecule has 0 saturated heterocycles. The number of nitrogens with zero attached hydrogens (tertiary/aromatic N) is 4. The zero-order valence-corrected chi connectivity index (χ0v) is 20.1. The Morgan fingerprint density at radius 3 is 2.48 bits per heavy atom. The van der Waals surface area contributed by atoms with Gasteiger partial charge < -0.3 is 19.7 Å². The molecule has 1 aliphatic heterocycles. The van der Waals surface area contributed by atoms with Crippen molar-refractivity contribution in [2.24, 2.45) is 5.41 Å². The Morgan fingerprint density at radius 1 is 1.23 bits per heavy atom.